The van der Waals surface area contributed by atoms with Crippen molar-refractivity contribution in [2.24, 2.45) is 0 Å². The largest absolute Gasteiger partial charge is 0.460 e. The molecule has 3 heterocycles. The van der Waals surface area contributed by atoms with Gasteiger partial charge in [0.2, 0.25) is 3.79 Å². The predicted octanol–water partition coefficient (Wildman–Crippen LogP) is 2.63. The van der Waals surface area contributed by atoms with Crippen LogP contribution >= 0.6 is 46.6 Å². The van der Waals surface area contributed by atoms with Crippen LogP contribution in [0.2, 0.25) is 0 Å². The number of ether oxygens (including phenoxy) is 1. The van der Waals surface area contributed by atoms with Crippen LogP contribution in [0.15, 0.2) is 24.3 Å². The van der Waals surface area contributed by atoms with E-state index in [-0.39, 0.29) is 11.1 Å². The molecule has 2 unspecified atom stereocenters. The number of halogens is 3. The predicted molar refractivity (Wildman–Crippen MR) is 108 cm³/mol. The number of β-lactam (4-membered cyclic amide) rings is 1. The Morgan fingerprint density at radius 2 is 1.69 bits per heavy atom. The summed E-state index contributed by atoms with van der Waals surface area (Å²) in [5, 5.41) is -0.551. The van der Waals surface area contributed by atoms with Crippen LogP contribution in [0, 0.1) is 0 Å². The third-order valence-corrected chi connectivity index (χ3v) is 7.00. The summed E-state index contributed by atoms with van der Waals surface area (Å²) >= 11 is 18.2. The summed E-state index contributed by atoms with van der Waals surface area (Å²) in [6, 6.07) is 4.53. The van der Waals surface area contributed by atoms with Crippen molar-refractivity contribution in [1.82, 2.24) is 9.80 Å². The Bertz CT molecular complexity index is 913. The number of hydrogen-bond acceptors (Lipinski definition) is 6. The summed E-state index contributed by atoms with van der Waals surface area (Å²) in [6.45, 7) is 3.11. The van der Waals surface area contributed by atoms with Crippen LogP contribution in [0.3, 0.4) is 0 Å². The molecule has 7 nitrogen and oxygen atoms in total. The SMILES string of the molecule is CC1(C)S[C@@H]2C(N3C(=O)c4ccccc4C3=O)C(=O)N2C1C(=O)OCC(Cl)(Cl)Cl. The van der Waals surface area contributed by atoms with Crippen molar-refractivity contribution in [2.45, 2.75) is 39.8 Å². The Hall–Kier alpha value is -1.48. The maximum absolute atomic E-state index is 13.0. The van der Waals surface area contributed by atoms with Crippen molar-refractivity contribution < 1.29 is 23.9 Å². The molecule has 4 rings (SSSR count). The number of hydrogen-bond donors (Lipinski definition) is 0. The topological polar surface area (TPSA) is 84.0 Å². The molecule has 1 aromatic carbocycles. The molecular formula is C18H15Cl3N2O5S. The van der Waals surface area contributed by atoms with Crippen molar-refractivity contribution in [1.29, 1.82) is 0 Å². The first kappa shape index (κ1) is 20.8. The second-order valence-corrected chi connectivity index (χ2v) is 11.7. The molecule has 0 aromatic heterocycles. The number of alkyl halides is 3. The minimum atomic E-state index is -1.77. The lowest BCUT2D eigenvalue weighted by Crippen LogP contribution is -2.71. The van der Waals surface area contributed by atoms with E-state index in [0.29, 0.717) is 0 Å². The first-order valence-corrected chi connectivity index (χ1v) is 10.7. The monoisotopic (exact) mass is 476 g/mol. The number of amides is 3. The van der Waals surface area contributed by atoms with Gasteiger partial charge >= 0.3 is 5.97 Å². The average Bonchev–Trinajstić information content (AvgIpc) is 3.03. The number of thioether (sulfide) groups is 1. The highest BCUT2D eigenvalue weighted by molar-refractivity contribution is 8.01. The van der Waals surface area contributed by atoms with E-state index in [9.17, 15) is 19.2 Å². The van der Waals surface area contributed by atoms with Crippen molar-refractivity contribution in [3.8, 4) is 0 Å². The highest BCUT2D eigenvalue weighted by Crippen LogP contribution is 2.53. The van der Waals surface area contributed by atoms with Gasteiger partial charge < -0.3 is 9.64 Å². The highest BCUT2D eigenvalue weighted by Gasteiger charge is 2.67. The molecule has 0 saturated carbocycles. The Morgan fingerprint density at radius 3 is 2.21 bits per heavy atom. The van der Waals surface area contributed by atoms with Gasteiger partial charge in [-0.1, -0.05) is 46.9 Å². The molecule has 2 fully saturated rings. The van der Waals surface area contributed by atoms with Crippen LogP contribution in [-0.4, -0.2) is 66.1 Å². The molecule has 29 heavy (non-hydrogen) atoms. The molecule has 3 atom stereocenters. The van der Waals surface area contributed by atoms with Crippen LogP contribution in [0.1, 0.15) is 34.6 Å². The third-order valence-electron chi connectivity index (χ3n) is 5.12. The van der Waals surface area contributed by atoms with E-state index in [1.165, 1.54) is 16.7 Å². The zero-order valence-corrected chi connectivity index (χ0v) is 18.3. The van der Waals surface area contributed by atoms with Gasteiger partial charge in [0.05, 0.1) is 11.1 Å². The van der Waals surface area contributed by atoms with Crippen LogP contribution in [-0.2, 0) is 14.3 Å². The molecule has 0 aliphatic carbocycles. The van der Waals surface area contributed by atoms with Gasteiger partial charge in [0.25, 0.3) is 17.7 Å². The normalized spacial score (nSPS) is 27.6. The van der Waals surface area contributed by atoms with Crippen molar-refractivity contribution in [3.63, 3.8) is 0 Å². The molecule has 0 radical (unpaired) electrons. The summed E-state index contributed by atoms with van der Waals surface area (Å²) < 4.78 is 2.60. The van der Waals surface area contributed by atoms with Gasteiger partial charge in [-0.3, -0.25) is 19.3 Å². The number of rotatable bonds is 3. The zero-order chi connectivity index (χ0) is 21.3. The number of fused-ring (bicyclic) bond motifs is 2. The number of benzene rings is 1. The molecule has 154 valence electrons. The molecule has 3 aliphatic rings. The van der Waals surface area contributed by atoms with E-state index >= 15 is 0 Å². The first-order valence-electron chi connectivity index (χ1n) is 8.64. The highest BCUT2D eigenvalue weighted by atomic mass is 35.6. The summed E-state index contributed by atoms with van der Waals surface area (Å²) in [4.78, 5) is 53.4. The van der Waals surface area contributed by atoms with Gasteiger partial charge in [0.1, 0.15) is 24.1 Å². The van der Waals surface area contributed by atoms with E-state index < -0.39 is 56.3 Å². The molecule has 1 aromatic rings. The Morgan fingerprint density at radius 1 is 1.14 bits per heavy atom. The lowest BCUT2D eigenvalue weighted by Gasteiger charge is -2.46. The lowest BCUT2D eigenvalue weighted by molar-refractivity contribution is -0.165. The van der Waals surface area contributed by atoms with E-state index in [0.717, 1.165) is 4.90 Å². The third kappa shape index (κ3) is 3.21. The van der Waals surface area contributed by atoms with Crippen LogP contribution in [0.25, 0.3) is 0 Å². The van der Waals surface area contributed by atoms with Crippen LogP contribution < -0.4 is 0 Å². The smallest absolute Gasteiger partial charge is 0.330 e. The van der Waals surface area contributed by atoms with E-state index in [1.807, 2.05) is 0 Å². The second kappa shape index (κ2) is 6.77. The molecule has 0 bridgehead atoms. The fourth-order valence-corrected chi connectivity index (χ4v) is 5.73. The quantitative estimate of drug-likeness (QED) is 0.288. The lowest BCUT2D eigenvalue weighted by atomic mass is 9.95. The number of carbonyl (C=O) groups excluding carboxylic acids is 4. The Balaban J connectivity index is 1.58. The number of esters is 1. The number of carbonyl (C=O) groups is 4. The maximum Gasteiger partial charge on any atom is 0.330 e. The number of imide groups is 1. The molecule has 3 amide bonds. The van der Waals surface area contributed by atoms with Crippen molar-refractivity contribution in [2.75, 3.05) is 6.61 Å². The van der Waals surface area contributed by atoms with Crippen molar-refractivity contribution in [3.05, 3.63) is 35.4 Å². The average molecular weight is 478 g/mol. The van der Waals surface area contributed by atoms with Gasteiger partial charge in [0.15, 0.2) is 0 Å². The first-order chi connectivity index (χ1) is 13.4. The maximum atomic E-state index is 13.0. The molecular weight excluding hydrogens is 463 g/mol. The standard InChI is InChI=1S/C18H15Cl3N2O5S/c1-17(2)11(16(27)28-7-18(19,20)21)23-14(26)10(15(23)29-17)22-12(24)8-5-3-4-6-9(8)13(22)25/h3-6,10-11,15H,7H2,1-2H3/t10?,11?,15-/m1/s1. The summed E-state index contributed by atoms with van der Waals surface area (Å²) in [6.07, 6.45) is 0. The van der Waals surface area contributed by atoms with Gasteiger partial charge in [0, 0.05) is 4.75 Å². The second-order valence-electron chi connectivity index (χ2n) is 7.45. The van der Waals surface area contributed by atoms with Crippen molar-refractivity contribution >= 4 is 70.3 Å². The molecule has 0 spiro atoms. The minimum absolute atomic E-state index is 0.268. The fraction of sp³-hybridized carbons (Fsp3) is 0.444. The Kier molecular flexibility index (Phi) is 4.85. The molecule has 0 N–H and O–H groups in total. The van der Waals surface area contributed by atoms with Gasteiger partial charge in [-0.05, 0) is 26.0 Å². The van der Waals surface area contributed by atoms with E-state index in [4.69, 9.17) is 39.5 Å². The van der Waals surface area contributed by atoms with E-state index in [2.05, 4.69) is 0 Å². The zero-order valence-electron chi connectivity index (χ0n) is 15.2. The molecule has 11 heteroatoms. The molecule has 3 aliphatic heterocycles. The minimum Gasteiger partial charge on any atom is -0.460 e. The van der Waals surface area contributed by atoms with Gasteiger partial charge in [-0.25, -0.2) is 4.79 Å². The van der Waals surface area contributed by atoms with Crippen LogP contribution in [0.5, 0.6) is 0 Å². The van der Waals surface area contributed by atoms with Crippen LogP contribution in [0.4, 0.5) is 0 Å². The fourth-order valence-electron chi connectivity index (χ4n) is 3.90. The van der Waals surface area contributed by atoms with Gasteiger partial charge in [-0.15, -0.1) is 11.8 Å². The van der Waals surface area contributed by atoms with E-state index in [1.54, 1.807) is 38.1 Å². The number of nitrogens with zero attached hydrogens (tertiary/aromatic N) is 2. The van der Waals surface area contributed by atoms with Gasteiger partial charge in [-0.2, -0.15) is 0 Å². The Labute approximate surface area is 185 Å². The molecule has 2 saturated heterocycles. The summed E-state index contributed by atoms with van der Waals surface area (Å²) in [5.74, 6) is -2.21. The summed E-state index contributed by atoms with van der Waals surface area (Å²) in [7, 11) is 0. The summed E-state index contributed by atoms with van der Waals surface area (Å²) in [5.41, 5.74) is 0.536.